The molecule has 1 aromatic rings. The number of benzene rings is 1. The molecule has 2 nitrogen and oxygen atoms in total. The van der Waals surface area contributed by atoms with Crippen molar-refractivity contribution < 1.29 is 4.79 Å². The summed E-state index contributed by atoms with van der Waals surface area (Å²) in [6, 6.07) is 9.93. The van der Waals surface area contributed by atoms with Gasteiger partial charge in [0, 0.05) is 18.1 Å². The second-order valence-corrected chi connectivity index (χ2v) is 5.63. The number of amides is 1. The van der Waals surface area contributed by atoms with Gasteiger partial charge in [0.05, 0.1) is 5.25 Å². The summed E-state index contributed by atoms with van der Waals surface area (Å²) in [5.41, 5.74) is 1.13. The molecular formula is C14H19NOS2. The summed E-state index contributed by atoms with van der Waals surface area (Å²) in [7, 11) is 0. The van der Waals surface area contributed by atoms with E-state index in [0.717, 1.165) is 17.1 Å². The zero-order chi connectivity index (χ0) is 13.2. The van der Waals surface area contributed by atoms with E-state index in [9.17, 15) is 4.79 Å². The molecule has 0 saturated carbocycles. The van der Waals surface area contributed by atoms with Gasteiger partial charge in [-0.05, 0) is 12.0 Å². The van der Waals surface area contributed by atoms with E-state index in [2.05, 4.69) is 24.5 Å². The number of hydrogen-bond donors (Lipinski definition) is 2. The molecule has 1 atom stereocenters. The van der Waals surface area contributed by atoms with Crippen LogP contribution in [0.2, 0.25) is 0 Å². The van der Waals surface area contributed by atoms with E-state index in [1.807, 2.05) is 36.4 Å². The van der Waals surface area contributed by atoms with Gasteiger partial charge in [-0.2, -0.15) is 24.4 Å². The van der Waals surface area contributed by atoms with Crippen LogP contribution in [0.25, 0.3) is 0 Å². The Kier molecular flexibility index (Phi) is 7.69. The number of hydrogen-bond acceptors (Lipinski definition) is 3. The molecule has 1 aromatic carbocycles. The summed E-state index contributed by atoms with van der Waals surface area (Å²) in [6.45, 7) is 4.33. The molecule has 98 valence electrons. The predicted molar refractivity (Wildman–Crippen MR) is 83.5 cm³/mol. The van der Waals surface area contributed by atoms with Crippen LogP contribution < -0.4 is 5.32 Å². The monoisotopic (exact) mass is 281 g/mol. The predicted octanol–water partition coefficient (Wildman–Crippen LogP) is 2.56. The molecule has 0 bridgehead atoms. The molecule has 4 heteroatoms. The molecule has 0 aliphatic rings. The molecule has 0 heterocycles. The van der Waals surface area contributed by atoms with Gasteiger partial charge in [0.25, 0.3) is 0 Å². The molecule has 1 unspecified atom stereocenters. The summed E-state index contributed by atoms with van der Waals surface area (Å²) in [4.78, 5) is 11.8. The van der Waals surface area contributed by atoms with E-state index in [-0.39, 0.29) is 11.2 Å². The highest BCUT2D eigenvalue weighted by Gasteiger charge is 2.13. The molecule has 1 amide bonds. The van der Waals surface area contributed by atoms with Crippen LogP contribution in [0, 0.1) is 0 Å². The first-order chi connectivity index (χ1) is 8.74. The van der Waals surface area contributed by atoms with Crippen LogP contribution in [0.5, 0.6) is 0 Å². The largest absolute Gasteiger partial charge is 0.354 e. The summed E-state index contributed by atoms with van der Waals surface area (Å²) in [5, 5.41) is 2.61. The van der Waals surface area contributed by atoms with Gasteiger partial charge >= 0.3 is 0 Å². The molecular weight excluding hydrogens is 262 g/mol. The molecule has 0 spiro atoms. The third-order valence-electron chi connectivity index (χ3n) is 2.36. The normalized spacial score (nSPS) is 11.8. The highest BCUT2D eigenvalue weighted by molar-refractivity contribution is 7.99. The Hall–Kier alpha value is -0.870. The van der Waals surface area contributed by atoms with Gasteiger partial charge in [-0.15, -0.1) is 6.58 Å². The van der Waals surface area contributed by atoms with E-state index in [0.29, 0.717) is 13.0 Å². The number of carbonyl (C=O) groups excluding carboxylic acids is 1. The van der Waals surface area contributed by atoms with E-state index >= 15 is 0 Å². The number of nitrogens with one attached hydrogen (secondary N) is 1. The van der Waals surface area contributed by atoms with Crippen molar-refractivity contribution >= 4 is 30.3 Å². The Bertz CT molecular complexity index is 367. The fourth-order valence-corrected chi connectivity index (χ4v) is 2.34. The van der Waals surface area contributed by atoms with Crippen molar-refractivity contribution in [1.29, 1.82) is 0 Å². The van der Waals surface area contributed by atoms with Crippen molar-refractivity contribution in [3.8, 4) is 0 Å². The summed E-state index contributed by atoms with van der Waals surface area (Å²) in [5.74, 6) is 1.83. The van der Waals surface area contributed by atoms with Gasteiger partial charge in [-0.25, -0.2) is 0 Å². The van der Waals surface area contributed by atoms with Gasteiger partial charge in [0.15, 0.2) is 0 Å². The van der Waals surface area contributed by atoms with Gasteiger partial charge in [-0.1, -0.05) is 36.4 Å². The Morgan fingerprint density at radius 1 is 1.44 bits per heavy atom. The molecule has 18 heavy (non-hydrogen) atoms. The van der Waals surface area contributed by atoms with Gasteiger partial charge in [0.1, 0.15) is 0 Å². The third-order valence-corrected chi connectivity index (χ3v) is 3.74. The highest BCUT2D eigenvalue weighted by atomic mass is 32.2. The van der Waals surface area contributed by atoms with Crippen molar-refractivity contribution in [2.24, 2.45) is 0 Å². The average molecular weight is 281 g/mol. The zero-order valence-electron chi connectivity index (χ0n) is 10.3. The number of carbonyl (C=O) groups is 1. The third kappa shape index (κ3) is 6.17. The minimum atomic E-state index is -0.281. The Balaban J connectivity index is 2.23. The molecule has 0 saturated heterocycles. The molecule has 0 aromatic heterocycles. The van der Waals surface area contributed by atoms with Crippen LogP contribution >= 0.6 is 24.4 Å². The lowest BCUT2D eigenvalue weighted by Crippen LogP contribution is -2.34. The lowest BCUT2D eigenvalue weighted by Gasteiger charge is -2.11. The van der Waals surface area contributed by atoms with Gasteiger partial charge in [-0.3, -0.25) is 4.79 Å². The van der Waals surface area contributed by atoms with Crippen molar-refractivity contribution in [3.05, 3.63) is 48.6 Å². The number of thioether (sulfide) groups is 1. The van der Waals surface area contributed by atoms with Crippen molar-refractivity contribution in [2.75, 3.05) is 18.1 Å². The lowest BCUT2D eigenvalue weighted by molar-refractivity contribution is -0.120. The molecule has 1 N–H and O–H groups in total. The van der Waals surface area contributed by atoms with Crippen LogP contribution in [0.4, 0.5) is 0 Å². The summed E-state index contributed by atoms with van der Waals surface area (Å²) >= 11 is 6.10. The molecule has 0 fully saturated rings. The van der Waals surface area contributed by atoms with Crippen molar-refractivity contribution in [3.63, 3.8) is 0 Å². The summed E-state index contributed by atoms with van der Waals surface area (Å²) in [6.07, 6.45) is 2.53. The minimum absolute atomic E-state index is 0.00129. The Morgan fingerprint density at radius 3 is 2.83 bits per heavy atom. The summed E-state index contributed by atoms with van der Waals surface area (Å²) < 4.78 is 0. The lowest BCUT2D eigenvalue weighted by atomic mass is 10.1. The quantitative estimate of drug-likeness (QED) is 0.436. The molecule has 0 aliphatic heterocycles. The second kappa shape index (κ2) is 9.11. The maximum atomic E-state index is 11.8. The topological polar surface area (TPSA) is 29.1 Å². The smallest absolute Gasteiger partial charge is 0.233 e. The van der Waals surface area contributed by atoms with Crippen LogP contribution in [0.3, 0.4) is 0 Å². The van der Waals surface area contributed by atoms with E-state index < -0.39 is 0 Å². The first kappa shape index (κ1) is 15.2. The van der Waals surface area contributed by atoms with Crippen LogP contribution in [-0.4, -0.2) is 29.2 Å². The van der Waals surface area contributed by atoms with Crippen molar-refractivity contribution in [2.45, 2.75) is 11.7 Å². The van der Waals surface area contributed by atoms with E-state index in [1.54, 1.807) is 11.8 Å². The standard InChI is InChI=1S/C14H19NOS2/c1-2-9-18-10-8-15-14(16)13(17)11-12-6-4-3-5-7-12/h2-7,13,17H,1,8-11H2,(H,15,16). The van der Waals surface area contributed by atoms with Crippen LogP contribution in [0.1, 0.15) is 5.56 Å². The first-order valence-electron chi connectivity index (χ1n) is 5.92. The van der Waals surface area contributed by atoms with Crippen molar-refractivity contribution in [1.82, 2.24) is 5.32 Å². The maximum absolute atomic E-state index is 11.8. The van der Waals surface area contributed by atoms with E-state index in [4.69, 9.17) is 0 Å². The maximum Gasteiger partial charge on any atom is 0.233 e. The Morgan fingerprint density at radius 2 is 2.17 bits per heavy atom. The van der Waals surface area contributed by atoms with Crippen LogP contribution in [0.15, 0.2) is 43.0 Å². The molecule has 0 aliphatic carbocycles. The zero-order valence-corrected chi connectivity index (χ0v) is 12.1. The Labute approximate surface area is 119 Å². The highest BCUT2D eigenvalue weighted by Crippen LogP contribution is 2.07. The fourth-order valence-electron chi connectivity index (χ4n) is 1.46. The minimum Gasteiger partial charge on any atom is -0.354 e. The fraction of sp³-hybridized carbons (Fsp3) is 0.357. The van der Waals surface area contributed by atoms with Gasteiger partial charge in [0.2, 0.25) is 5.91 Å². The van der Waals surface area contributed by atoms with Crippen LogP contribution in [-0.2, 0) is 11.2 Å². The van der Waals surface area contributed by atoms with Gasteiger partial charge < -0.3 is 5.32 Å². The number of rotatable bonds is 8. The first-order valence-corrected chi connectivity index (χ1v) is 7.59. The second-order valence-electron chi connectivity index (χ2n) is 3.86. The molecule has 0 radical (unpaired) electrons. The molecule has 1 rings (SSSR count). The van der Waals surface area contributed by atoms with E-state index in [1.165, 1.54) is 0 Å². The SMILES string of the molecule is C=CCSCCNC(=O)C(S)Cc1ccccc1. The average Bonchev–Trinajstić information content (AvgIpc) is 2.39. The number of thiol groups is 1.